The minimum atomic E-state index is -0.270. The number of benzene rings is 1. The predicted octanol–water partition coefficient (Wildman–Crippen LogP) is 1.08. The molecule has 1 aromatic carbocycles. The van der Waals surface area contributed by atoms with Gasteiger partial charge in [0, 0.05) is 6.54 Å². The van der Waals surface area contributed by atoms with E-state index in [1.54, 1.807) is 7.11 Å². The Kier molecular flexibility index (Phi) is 3.65. The molecule has 0 unspecified atom stereocenters. The van der Waals surface area contributed by atoms with Gasteiger partial charge >= 0.3 is 0 Å². The van der Waals surface area contributed by atoms with E-state index in [1.807, 2.05) is 28.9 Å². The van der Waals surface area contributed by atoms with Gasteiger partial charge in [0.05, 0.1) is 25.8 Å². The Morgan fingerprint density at radius 1 is 1.22 bits per heavy atom. The van der Waals surface area contributed by atoms with E-state index in [1.165, 1.54) is 0 Å². The summed E-state index contributed by atoms with van der Waals surface area (Å²) in [4.78, 5) is 2.19. The van der Waals surface area contributed by atoms with Crippen LogP contribution in [0, 0.1) is 5.92 Å². The van der Waals surface area contributed by atoms with E-state index in [9.17, 15) is 5.11 Å². The second-order valence-corrected chi connectivity index (χ2v) is 6.36. The normalized spacial score (nSPS) is 26.5. The standard InChI is InChI=1S/C16H21N5O2/c1-23-13-5-2-11(3-6-13)10-21-16(17-18-19-21)20-9-8-12-4-7-14(22)15(12)20/h2-3,5-6,12,14-15,22H,4,7-10H2,1H3/t12-,14+,15+/m0/s1. The Morgan fingerprint density at radius 2 is 2.04 bits per heavy atom. The van der Waals surface area contributed by atoms with Crippen LogP contribution in [-0.2, 0) is 6.54 Å². The molecule has 23 heavy (non-hydrogen) atoms. The van der Waals surface area contributed by atoms with Gasteiger partial charge in [-0.25, -0.2) is 4.68 Å². The third-order valence-corrected chi connectivity index (χ3v) is 5.07. The van der Waals surface area contributed by atoms with Crippen LogP contribution in [0.5, 0.6) is 5.75 Å². The molecule has 0 amide bonds. The van der Waals surface area contributed by atoms with Crippen LogP contribution in [0.25, 0.3) is 0 Å². The lowest BCUT2D eigenvalue weighted by Gasteiger charge is -2.27. The molecule has 4 rings (SSSR count). The van der Waals surface area contributed by atoms with Crippen LogP contribution in [0.1, 0.15) is 24.8 Å². The van der Waals surface area contributed by atoms with Gasteiger partial charge in [-0.2, -0.15) is 0 Å². The number of aliphatic hydroxyl groups excluding tert-OH is 1. The molecule has 0 radical (unpaired) electrons. The third kappa shape index (κ3) is 2.55. The first-order valence-electron chi connectivity index (χ1n) is 8.10. The van der Waals surface area contributed by atoms with E-state index < -0.39 is 0 Å². The number of anilines is 1. The molecule has 2 aromatic rings. The smallest absolute Gasteiger partial charge is 0.246 e. The highest BCUT2D eigenvalue weighted by molar-refractivity contribution is 5.36. The van der Waals surface area contributed by atoms with Gasteiger partial charge in [-0.05, 0) is 53.3 Å². The molecule has 7 nitrogen and oxygen atoms in total. The zero-order valence-corrected chi connectivity index (χ0v) is 13.2. The summed E-state index contributed by atoms with van der Waals surface area (Å²) in [6.07, 6.45) is 2.82. The summed E-state index contributed by atoms with van der Waals surface area (Å²) in [7, 11) is 1.66. The molecule has 1 saturated heterocycles. The molecule has 3 atom stereocenters. The number of nitrogens with zero attached hydrogens (tertiary/aromatic N) is 5. The topological polar surface area (TPSA) is 76.3 Å². The molecule has 2 fully saturated rings. The number of rotatable bonds is 4. The molecular formula is C16H21N5O2. The molecule has 0 spiro atoms. The van der Waals surface area contributed by atoms with Gasteiger partial charge in [-0.15, -0.1) is 0 Å². The second-order valence-electron chi connectivity index (χ2n) is 6.36. The molecule has 7 heteroatoms. The van der Waals surface area contributed by atoms with E-state index in [-0.39, 0.29) is 12.1 Å². The highest BCUT2D eigenvalue weighted by Gasteiger charge is 2.45. The Balaban J connectivity index is 1.56. The van der Waals surface area contributed by atoms with Crippen LogP contribution in [0.2, 0.25) is 0 Å². The van der Waals surface area contributed by atoms with Crippen LogP contribution < -0.4 is 9.64 Å². The van der Waals surface area contributed by atoms with Crippen molar-refractivity contribution in [2.75, 3.05) is 18.6 Å². The number of aromatic nitrogens is 4. The van der Waals surface area contributed by atoms with E-state index in [0.29, 0.717) is 12.5 Å². The summed E-state index contributed by atoms with van der Waals surface area (Å²) in [5.74, 6) is 2.16. The number of ether oxygens (including phenoxy) is 1. The van der Waals surface area contributed by atoms with Crippen molar-refractivity contribution in [1.29, 1.82) is 0 Å². The Labute approximate surface area is 134 Å². The van der Waals surface area contributed by atoms with E-state index in [0.717, 1.165) is 43.1 Å². The number of aliphatic hydroxyl groups is 1. The Morgan fingerprint density at radius 3 is 2.83 bits per heavy atom. The molecule has 122 valence electrons. The monoisotopic (exact) mass is 315 g/mol. The Hall–Kier alpha value is -2.15. The van der Waals surface area contributed by atoms with Gasteiger partial charge in [-0.3, -0.25) is 0 Å². The summed E-state index contributed by atoms with van der Waals surface area (Å²) in [5.41, 5.74) is 1.11. The van der Waals surface area contributed by atoms with Gasteiger partial charge in [0.1, 0.15) is 5.75 Å². The Bertz CT molecular complexity index is 671. The molecule has 2 aliphatic rings. The lowest BCUT2D eigenvalue weighted by molar-refractivity contribution is 0.159. The van der Waals surface area contributed by atoms with Gasteiger partial charge in [0.25, 0.3) is 0 Å². The molecule has 1 aliphatic heterocycles. The van der Waals surface area contributed by atoms with Gasteiger partial charge in [-0.1, -0.05) is 17.2 Å². The number of tetrazole rings is 1. The minimum absolute atomic E-state index is 0.163. The zero-order valence-electron chi connectivity index (χ0n) is 13.2. The molecule has 1 N–H and O–H groups in total. The van der Waals surface area contributed by atoms with Crippen LogP contribution in [0.3, 0.4) is 0 Å². The van der Waals surface area contributed by atoms with Crippen molar-refractivity contribution < 1.29 is 9.84 Å². The fourth-order valence-corrected chi connectivity index (χ4v) is 3.92. The lowest BCUT2D eigenvalue weighted by atomic mass is 10.0. The maximum absolute atomic E-state index is 10.3. The highest BCUT2D eigenvalue weighted by atomic mass is 16.5. The van der Waals surface area contributed by atoms with Crippen molar-refractivity contribution in [3.63, 3.8) is 0 Å². The average molecular weight is 315 g/mol. The maximum atomic E-state index is 10.3. The molecule has 2 heterocycles. The largest absolute Gasteiger partial charge is 0.497 e. The first-order chi connectivity index (χ1) is 11.3. The fourth-order valence-electron chi connectivity index (χ4n) is 3.92. The first kappa shape index (κ1) is 14.4. The van der Waals surface area contributed by atoms with Crippen LogP contribution >= 0.6 is 0 Å². The third-order valence-electron chi connectivity index (χ3n) is 5.07. The van der Waals surface area contributed by atoms with E-state index >= 15 is 0 Å². The average Bonchev–Trinajstić information content (AvgIpc) is 3.26. The van der Waals surface area contributed by atoms with Crippen molar-refractivity contribution in [3.05, 3.63) is 29.8 Å². The summed E-state index contributed by atoms with van der Waals surface area (Å²) in [6, 6.07) is 8.07. The van der Waals surface area contributed by atoms with Crippen LogP contribution in [-0.4, -0.2) is 51.1 Å². The van der Waals surface area contributed by atoms with Gasteiger partial charge < -0.3 is 14.7 Å². The van der Waals surface area contributed by atoms with Crippen molar-refractivity contribution in [1.82, 2.24) is 20.2 Å². The minimum Gasteiger partial charge on any atom is -0.497 e. The van der Waals surface area contributed by atoms with Crippen molar-refractivity contribution in [2.24, 2.45) is 5.92 Å². The second kappa shape index (κ2) is 5.81. The maximum Gasteiger partial charge on any atom is 0.246 e. The number of methoxy groups -OCH3 is 1. The van der Waals surface area contributed by atoms with Crippen LogP contribution in [0.4, 0.5) is 5.95 Å². The lowest BCUT2D eigenvalue weighted by Crippen LogP contribution is -2.40. The summed E-state index contributed by atoms with van der Waals surface area (Å²) in [6.45, 7) is 1.52. The zero-order chi connectivity index (χ0) is 15.8. The van der Waals surface area contributed by atoms with Crippen molar-refractivity contribution in [2.45, 2.75) is 38.0 Å². The summed E-state index contributed by atoms with van der Waals surface area (Å²) >= 11 is 0. The molecular weight excluding hydrogens is 294 g/mol. The molecule has 0 bridgehead atoms. The van der Waals surface area contributed by atoms with E-state index in [4.69, 9.17) is 4.74 Å². The first-order valence-corrected chi connectivity index (χ1v) is 8.10. The SMILES string of the molecule is COc1ccc(Cn2nnnc2N2CC[C@@H]3CC[C@@H](O)[C@@H]32)cc1. The van der Waals surface area contributed by atoms with Gasteiger partial charge in [0.2, 0.25) is 5.95 Å². The number of fused-ring (bicyclic) bond motifs is 1. The summed E-state index contributed by atoms with van der Waals surface area (Å²) in [5, 5.41) is 22.5. The van der Waals surface area contributed by atoms with Crippen LogP contribution in [0.15, 0.2) is 24.3 Å². The fraction of sp³-hybridized carbons (Fsp3) is 0.562. The number of hydrogen-bond acceptors (Lipinski definition) is 6. The predicted molar refractivity (Wildman–Crippen MR) is 84.4 cm³/mol. The molecule has 1 aromatic heterocycles. The van der Waals surface area contributed by atoms with Crippen molar-refractivity contribution in [3.8, 4) is 5.75 Å². The van der Waals surface area contributed by atoms with Crippen molar-refractivity contribution >= 4 is 5.95 Å². The quantitative estimate of drug-likeness (QED) is 0.910. The summed E-state index contributed by atoms with van der Waals surface area (Å²) < 4.78 is 7.00. The number of hydrogen-bond donors (Lipinski definition) is 1. The molecule has 1 saturated carbocycles. The highest BCUT2D eigenvalue weighted by Crippen LogP contribution is 2.39. The molecule has 1 aliphatic carbocycles. The van der Waals surface area contributed by atoms with Gasteiger partial charge in [0.15, 0.2) is 0 Å². The van der Waals surface area contributed by atoms with E-state index in [2.05, 4.69) is 20.4 Å².